The van der Waals surface area contributed by atoms with Crippen LogP contribution in [0.1, 0.15) is 34.8 Å². The zero-order valence-electron chi connectivity index (χ0n) is 25.5. The van der Waals surface area contributed by atoms with Gasteiger partial charge in [0.15, 0.2) is 11.2 Å². The molecule has 0 bridgehead atoms. The van der Waals surface area contributed by atoms with E-state index in [1.165, 1.54) is 17.8 Å². The number of amides is 1. The molecule has 0 aliphatic carbocycles. The second-order valence-corrected chi connectivity index (χ2v) is 12.9. The normalized spacial score (nSPS) is 12.5. The van der Waals surface area contributed by atoms with Crippen molar-refractivity contribution in [3.63, 3.8) is 0 Å². The summed E-state index contributed by atoms with van der Waals surface area (Å²) in [6.07, 6.45) is -0.218. The molecule has 0 aliphatic heterocycles. The Morgan fingerprint density at radius 2 is 1.53 bits per heavy atom. The molecule has 2 heterocycles. The molecule has 0 fully saturated rings. The van der Waals surface area contributed by atoms with Crippen molar-refractivity contribution >= 4 is 36.6 Å². The van der Waals surface area contributed by atoms with E-state index in [2.05, 4.69) is 20.3 Å². The summed E-state index contributed by atoms with van der Waals surface area (Å²) in [5, 5.41) is 2.44. The Labute approximate surface area is 269 Å². The summed E-state index contributed by atoms with van der Waals surface area (Å²) in [6, 6.07) is 27.0. The molecular formula is C33H34N5O8P. The van der Waals surface area contributed by atoms with Crippen LogP contribution in [0.2, 0.25) is 0 Å². The first-order valence-electron chi connectivity index (χ1n) is 14.8. The molecule has 0 saturated heterocycles. The van der Waals surface area contributed by atoms with Crippen LogP contribution in [0, 0.1) is 0 Å². The molecule has 4 N–H and O–H groups in total. The molecule has 244 valence electrons. The van der Waals surface area contributed by atoms with Crippen molar-refractivity contribution in [3.8, 4) is 0 Å². The Morgan fingerprint density at radius 1 is 0.957 bits per heavy atom. The van der Waals surface area contributed by atoms with Gasteiger partial charge in [-0.15, -0.1) is 0 Å². The lowest BCUT2D eigenvalue weighted by molar-refractivity contribution is -0.133. The minimum absolute atomic E-state index is 0.00944. The van der Waals surface area contributed by atoms with Gasteiger partial charge in [0.2, 0.25) is 11.9 Å². The number of anilines is 1. The molecule has 2 aromatic heterocycles. The van der Waals surface area contributed by atoms with Gasteiger partial charge in [0.1, 0.15) is 18.4 Å². The number of carbonyl (C=O) groups excluding carboxylic acids is 2. The van der Waals surface area contributed by atoms with E-state index in [0.717, 1.165) is 11.1 Å². The molecule has 47 heavy (non-hydrogen) atoms. The minimum atomic E-state index is -4.53. The Morgan fingerprint density at radius 3 is 2.09 bits per heavy atom. The van der Waals surface area contributed by atoms with Crippen LogP contribution in [-0.4, -0.2) is 59.0 Å². The molecule has 0 aliphatic rings. The molecule has 1 amide bonds. The highest BCUT2D eigenvalue weighted by atomic mass is 31.2. The van der Waals surface area contributed by atoms with Crippen molar-refractivity contribution in [3.05, 3.63) is 124 Å². The monoisotopic (exact) mass is 659 g/mol. The number of hydrogen-bond acceptors (Lipinski definition) is 8. The number of nitrogens with zero attached hydrogens (tertiary/aromatic N) is 3. The van der Waals surface area contributed by atoms with Crippen LogP contribution in [-0.2, 0) is 38.4 Å². The van der Waals surface area contributed by atoms with Crippen LogP contribution in [0.5, 0.6) is 0 Å². The number of rotatable bonds is 14. The number of nitrogens with one attached hydrogen (secondary N) is 2. The van der Waals surface area contributed by atoms with Crippen LogP contribution in [0.3, 0.4) is 0 Å². The number of ether oxygens (including phenoxy) is 2. The number of H-pyrrole nitrogens is 1. The highest BCUT2D eigenvalue weighted by Crippen LogP contribution is 2.39. The Kier molecular flexibility index (Phi) is 10.4. The lowest BCUT2D eigenvalue weighted by Crippen LogP contribution is -2.52. The third-order valence-corrected chi connectivity index (χ3v) is 8.29. The number of imidazole rings is 1. The van der Waals surface area contributed by atoms with Crippen molar-refractivity contribution in [1.82, 2.24) is 19.5 Å². The number of aromatic nitrogens is 4. The summed E-state index contributed by atoms with van der Waals surface area (Å²) >= 11 is 0. The zero-order valence-corrected chi connectivity index (χ0v) is 26.4. The van der Waals surface area contributed by atoms with E-state index >= 15 is 0 Å². The standard InChI is InChI=1S/C33H34N5O8P/c1-23(39)35-32-36-29-28(30(40)37-32)34-21-38(29)22-45-27(17-18-47(42,43)44)33(19-24-11-5-2-6-12-24,20-25-13-7-3-8-14-25)46-31(41)26-15-9-4-10-16-26/h2-16,21,27H,17-20,22H2,1H3,(H2,42,43,44)(H2,35,36,37,39,40). The molecule has 1 atom stereocenters. The first kappa shape index (κ1) is 33.4. The molecule has 5 rings (SSSR count). The highest BCUT2D eigenvalue weighted by molar-refractivity contribution is 7.51. The Bertz CT molecular complexity index is 1890. The number of esters is 1. The molecule has 0 radical (unpaired) electrons. The topological polar surface area (TPSA) is 186 Å². The predicted octanol–water partition coefficient (Wildman–Crippen LogP) is 4.07. The first-order valence-corrected chi connectivity index (χ1v) is 16.6. The predicted molar refractivity (Wildman–Crippen MR) is 174 cm³/mol. The number of aromatic amines is 1. The van der Waals surface area contributed by atoms with Crippen LogP contribution in [0.15, 0.2) is 102 Å². The van der Waals surface area contributed by atoms with Gasteiger partial charge in [0.05, 0.1) is 18.1 Å². The number of hydrogen-bond donors (Lipinski definition) is 4. The van der Waals surface area contributed by atoms with Crippen molar-refractivity contribution < 1.29 is 33.4 Å². The smallest absolute Gasteiger partial charge is 0.338 e. The van der Waals surface area contributed by atoms with E-state index in [9.17, 15) is 28.7 Å². The van der Waals surface area contributed by atoms with Gasteiger partial charge in [-0.2, -0.15) is 4.98 Å². The number of fused-ring (bicyclic) bond motifs is 1. The molecule has 14 heteroatoms. The van der Waals surface area contributed by atoms with Crippen LogP contribution in [0.4, 0.5) is 5.95 Å². The van der Waals surface area contributed by atoms with E-state index < -0.39 is 42.9 Å². The van der Waals surface area contributed by atoms with Crippen LogP contribution in [0.25, 0.3) is 11.2 Å². The summed E-state index contributed by atoms with van der Waals surface area (Å²) in [5.74, 6) is -1.17. The van der Waals surface area contributed by atoms with Gasteiger partial charge in [-0.05, 0) is 29.7 Å². The molecular weight excluding hydrogens is 625 g/mol. The third kappa shape index (κ3) is 8.87. The van der Waals surface area contributed by atoms with Crippen molar-refractivity contribution in [1.29, 1.82) is 0 Å². The molecule has 13 nitrogen and oxygen atoms in total. The lowest BCUT2D eigenvalue weighted by atomic mass is 9.81. The van der Waals surface area contributed by atoms with E-state index in [4.69, 9.17) is 9.47 Å². The van der Waals surface area contributed by atoms with Gasteiger partial charge in [0.25, 0.3) is 5.56 Å². The zero-order chi connectivity index (χ0) is 33.4. The van der Waals surface area contributed by atoms with E-state index in [0.29, 0.717) is 5.56 Å². The van der Waals surface area contributed by atoms with Gasteiger partial charge in [-0.25, -0.2) is 9.78 Å². The summed E-state index contributed by atoms with van der Waals surface area (Å²) in [5.41, 5.74) is -0.0799. The maximum atomic E-state index is 13.8. The molecule has 0 spiro atoms. The average molecular weight is 660 g/mol. The summed E-state index contributed by atoms with van der Waals surface area (Å²) in [6.45, 7) is 0.985. The maximum absolute atomic E-state index is 13.8. The molecule has 0 saturated carbocycles. The summed E-state index contributed by atoms with van der Waals surface area (Å²) < 4.78 is 26.6. The third-order valence-electron chi connectivity index (χ3n) is 7.45. The minimum Gasteiger partial charge on any atom is -0.452 e. The van der Waals surface area contributed by atoms with Crippen LogP contribution < -0.4 is 10.9 Å². The van der Waals surface area contributed by atoms with Crippen molar-refractivity contribution in [2.45, 2.75) is 44.6 Å². The molecule has 3 aromatic carbocycles. The molecule has 5 aromatic rings. The highest BCUT2D eigenvalue weighted by Gasteiger charge is 2.45. The summed E-state index contributed by atoms with van der Waals surface area (Å²) in [4.78, 5) is 68.9. The van der Waals surface area contributed by atoms with Gasteiger partial charge < -0.3 is 19.3 Å². The number of benzene rings is 3. The molecule has 1 unspecified atom stereocenters. The fourth-order valence-electron chi connectivity index (χ4n) is 5.36. The summed E-state index contributed by atoms with van der Waals surface area (Å²) in [7, 11) is -4.53. The van der Waals surface area contributed by atoms with E-state index in [1.807, 2.05) is 60.7 Å². The second-order valence-electron chi connectivity index (χ2n) is 11.1. The SMILES string of the molecule is CC(=O)Nc1nc2c(ncn2COC(CCP(=O)(O)O)C(Cc2ccccc2)(Cc2ccccc2)OC(=O)c2ccccc2)c(=O)[nH]1. The lowest BCUT2D eigenvalue weighted by Gasteiger charge is -2.40. The van der Waals surface area contributed by atoms with E-state index in [-0.39, 0.29) is 43.1 Å². The fourth-order valence-corrected chi connectivity index (χ4v) is 5.93. The van der Waals surface area contributed by atoms with Gasteiger partial charge >= 0.3 is 13.6 Å². The first-order chi connectivity index (χ1) is 22.5. The van der Waals surface area contributed by atoms with Crippen LogP contribution >= 0.6 is 7.60 Å². The fraction of sp³-hybridized carbons (Fsp3) is 0.242. The Hall–Kier alpha value is -4.94. The van der Waals surface area contributed by atoms with Gasteiger partial charge in [-0.3, -0.25) is 29.0 Å². The largest absolute Gasteiger partial charge is 0.452 e. The van der Waals surface area contributed by atoms with E-state index in [1.54, 1.807) is 30.3 Å². The second kappa shape index (κ2) is 14.7. The number of carbonyl (C=O) groups is 2. The van der Waals surface area contributed by atoms with Gasteiger partial charge in [0, 0.05) is 19.8 Å². The quantitative estimate of drug-likeness (QED) is 0.100. The Balaban J connectivity index is 1.61. The van der Waals surface area contributed by atoms with Gasteiger partial charge in [-0.1, -0.05) is 78.9 Å². The average Bonchev–Trinajstić information content (AvgIpc) is 3.44. The maximum Gasteiger partial charge on any atom is 0.338 e. The van der Waals surface area contributed by atoms with Crippen molar-refractivity contribution in [2.75, 3.05) is 11.5 Å². The van der Waals surface area contributed by atoms with Crippen molar-refractivity contribution in [2.24, 2.45) is 0 Å².